The maximum Gasteiger partial charge on any atom is 0.359 e. The number of esters is 1. The molecule has 39 heavy (non-hydrogen) atoms. The summed E-state index contributed by atoms with van der Waals surface area (Å²) < 4.78 is 19.1. The lowest BCUT2D eigenvalue weighted by atomic mass is 9.93. The normalized spacial score (nSPS) is 18.3. The highest BCUT2D eigenvalue weighted by atomic mass is 28.4. The quantitative estimate of drug-likeness (QED) is 0.246. The van der Waals surface area contributed by atoms with Crippen LogP contribution in [0.15, 0.2) is 29.1 Å². The molecule has 1 aromatic carbocycles. The zero-order valence-corrected chi connectivity index (χ0v) is 25.4. The van der Waals surface area contributed by atoms with Crippen LogP contribution in [0, 0.1) is 0 Å². The number of fused-ring (bicyclic) bond motifs is 1. The van der Waals surface area contributed by atoms with Gasteiger partial charge in [-0.2, -0.15) is 0 Å². The van der Waals surface area contributed by atoms with Crippen LogP contribution in [0.4, 0.5) is 0 Å². The summed E-state index contributed by atoms with van der Waals surface area (Å²) in [6.45, 7) is 13.5. The molecule has 2 aromatic heterocycles. The first-order chi connectivity index (χ1) is 18.5. The number of H-pyrrole nitrogens is 1. The van der Waals surface area contributed by atoms with Gasteiger partial charge >= 0.3 is 11.7 Å². The zero-order chi connectivity index (χ0) is 28.5. The van der Waals surface area contributed by atoms with Crippen LogP contribution < -0.4 is 10.1 Å². The third kappa shape index (κ3) is 5.41. The van der Waals surface area contributed by atoms with Crippen molar-refractivity contribution in [3.05, 3.63) is 40.4 Å². The first kappa shape index (κ1) is 29.0. The predicted octanol–water partition coefficient (Wildman–Crippen LogP) is 6.26. The molecule has 0 aliphatic heterocycles. The van der Waals surface area contributed by atoms with Gasteiger partial charge in [0, 0.05) is 18.7 Å². The van der Waals surface area contributed by atoms with E-state index in [9.17, 15) is 9.59 Å². The summed E-state index contributed by atoms with van der Waals surface area (Å²) in [7, 11) is 0.843. The van der Waals surface area contributed by atoms with Gasteiger partial charge < -0.3 is 18.9 Å². The number of carbonyl (C=O) groups excluding carboxylic acids is 1. The van der Waals surface area contributed by atoms with Gasteiger partial charge in [0.25, 0.3) is 8.32 Å². The van der Waals surface area contributed by atoms with Crippen LogP contribution in [-0.2, 0) is 9.47 Å². The molecule has 0 unspecified atom stereocenters. The van der Waals surface area contributed by atoms with Gasteiger partial charge in [-0.05, 0) is 54.4 Å². The summed E-state index contributed by atoms with van der Waals surface area (Å²) in [4.78, 5) is 38.2. The van der Waals surface area contributed by atoms with Gasteiger partial charge in [0.1, 0.15) is 11.3 Å². The molecule has 0 spiro atoms. The lowest BCUT2D eigenvalue weighted by Crippen LogP contribution is -2.50. The Labute approximate surface area is 231 Å². The second-order valence-corrected chi connectivity index (χ2v) is 16.9. The predicted molar refractivity (Wildman–Crippen MR) is 155 cm³/mol. The Balaban J connectivity index is 1.83. The molecule has 1 aliphatic rings. The third-order valence-electron chi connectivity index (χ3n) is 8.38. The Morgan fingerprint density at radius 1 is 1.00 bits per heavy atom. The molecule has 0 radical (unpaired) electrons. The number of nitrogens with zero attached hydrogens (tertiary/aromatic N) is 3. The number of aromatic amines is 1. The van der Waals surface area contributed by atoms with Crippen molar-refractivity contribution in [2.24, 2.45) is 0 Å². The molecule has 0 bridgehead atoms. The minimum Gasteiger partial charge on any atom is -0.543 e. The Kier molecular flexibility index (Phi) is 8.65. The fourth-order valence-corrected chi connectivity index (χ4v) is 11.8. The third-order valence-corrected chi connectivity index (χ3v) is 14.4. The van der Waals surface area contributed by atoms with Crippen LogP contribution >= 0.6 is 0 Å². The summed E-state index contributed by atoms with van der Waals surface area (Å²) in [5, 5.41) is 0. The highest BCUT2D eigenvalue weighted by Crippen LogP contribution is 2.43. The van der Waals surface area contributed by atoms with E-state index in [1.807, 2.05) is 24.3 Å². The smallest absolute Gasteiger partial charge is 0.359 e. The zero-order valence-electron chi connectivity index (χ0n) is 24.4. The first-order valence-corrected chi connectivity index (χ1v) is 16.1. The molecule has 0 atom stereocenters. The number of hydrogen-bond donors (Lipinski definition) is 1. The average Bonchev–Trinajstić information content (AvgIpc) is 3.25. The van der Waals surface area contributed by atoms with Gasteiger partial charge in [-0.3, -0.25) is 4.57 Å². The van der Waals surface area contributed by atoms with E-state index >= 15 is 0 Å². The molecule has 1 fully saturated rings. The summed E-state index contributed by atoms with van der Waals surface area (Å²) in [5.41, 5.74) is 2.41. The van der Waals surface area contributed by atoms with Crippen molar-refractivity contribution >= 4 is 25.5 Å². The number of hydrogen-bond acceptors (Lipinski definition) is 7. The fraction of sp³-hybridized carbons (Fsp3) is 0.586. The molecule has 1 saturated carbocycles. The molecule has 212 valence electrons. The summed E-state index contributed by atoms with van der Waals surface area (Å²) >= 11 is 0. The van der Waals surface area contributed by atoms with E-state index in [0.717, 1.165) is 31.4 Å². The largest absolute Gasteiger partial charge is 0.543 e. The van der Waals surface area contributed by atoms with E-state index in [-0.39, 0.29) is 23.5 Å². The van der Waals surface area contributed by atoms with Crippen molar-refractivity contribution in [2.75, 3.05) is 14.2 Å². The lowest BCUT2D eigenvalue weighted by molar-refractivity contribution is 0.0585. The van der Waals surface area contributed by atoms with Crippen LogP contribution in [0.1, 0.15) is 83.8 Å². The number of imidazole rings is 1. The van der Waals surface area contributed by atoms with Crippen LogP contribution in [0.25, 0.3) is 22.6 Å². The molecule has 4 rings (SSSR count). The second kappa shape index (κ2) is 11.6. The van der Waals surface area contributed by atoms with Crippen LogP contribution in [0.5, 0.6) is 5.75 Å². The highest BCUT2D eigenvalue weighted by Gasteiger charge is 2.47. The fourth-order valence-electron chi connectivity index (χ4n) is 6.51. The van der Waals surface area contributed by atoms with E-state index in [0.29, 0.717) is 39.2 Å². The van der Waals surface area contributed by atoms with Gasteiger partial charge in [-0.25, -0.2) is 19.6 Å². The van der Waals surface area contributed by atoms with Crippen LogP contribution in [0.3, 0.4) is 0 Å². The number of methoxy groups -OCH3 is 2. The number of carbonyl (C=O) groups is 1. The van der Waals surface area contributed by atoms with Crippen molar-refractivity contribution in [3.63, 3.8) is 0 Å². The van der Waals surface area contributed by atoms with Crippen LogP contribution in [0.2, 0.25) is 16.6 Å². The minimum atomic E-state index is -2.18. The molecule has 1 N–H and O–H groups in total. The van der Waals surface area contributed by atoms with Gasteiger partial charge in [0.15, 0.2) is 17.2 Å². The molecular formula is C29H42N4O5Si. The molecule has 1 aliphatic carbocycles. The van der Waals surface area contributed by atoms with Gasteiger partial charge in [0.05, 0.1) is 13.2 Å². The number of nitrogens with one attached hydrogen (secondary N) is 1. The molecular weight excluding hydrogens is 512 g/mol. The molecule has 0 amide bonds. The summed E-state index contributed by atoms with van der Waals surface area (Å²) in [5.74, 6) is 0.485. The average molecular weight is 555 g/mol. The number of ether oxygens (including phenoxy) is 2. The first-order valence-electron chi connectivity index (χ1n) is 14.0. The van der Waals surface area contributed by atoms with Crippen molar-refractivity contribution in [3.8, 4) is 17.1 Å². The number of aromatic nitrogens is 4. The Bertz CT molecular complexity index is 1350. The van der Waals surface area contributed by atoms with Gasteiger partial charge in [-0.1, -0.05) is 53.7 Å². The van der Waals surface area contributed by atoms with E-state index in [1.165, 1.54) is 7.11 Å². The minimum absolute atomic E-state index is 0.0421. The maximum atomic E-state index is 13.1. The molecule has 2 heterocycles. The Morgan fingerprint density at radius 3 is 2.21 bits per heavy atom. The topological polar surface area (TPSA) is 108 Å². The number of benzene rings is 1. The van der Waals surface area contributed by atoms with Crippen molar-refractivity contribution in [2.45, 2.75) is 96.0 Å². The second-order valence-electron chi connectivity index (χ2n) is 11.5. The van der Waals surface area contributed by atoms with Crippen molar-refractivity contribution in [1.82, 2.24) is 19.5 Å². The summed E-state index contributed by atoms with van der Waals surface area (Å²) in [6.07, 6.45) is 3.48. The van der Waals surface area contributed by atoms with Crippen LogP contribution in [-0.4, -0.2) is 54.1 Å². The SMILES string of the molecule is COC(=O)c1nc(-c2cccc(O[Si](C(C)C)(C(C)C)C(C)C)c2)nc2c1[nH]c(=O)n2C1CCC(OC)CC1. The van der Waals surface area contributed by atoms with E-state index in [1.54, 1.807) is 11.7 Å². The van der Waals surface area contributed by atoms with E-state index in [4.69, 9.17) is 18.9 Å². The molecule has 10 heteroatoms. The van der Waals surface area contributed by atoms with Gasteiger partial charge in [0.2, 0.25) is 0 Å². The Morgan fingerprint density at radius 2 is 1.64 bits per heavy atom. The molecule has 0 saturated heterocycles. The van der Waals surface area contributed by atoms with Crippen molar-refractivity contribution < 1.29 is 18.7 Å². The lowest BCUT2D eigenvalue weighted by Gasteiger charge is -2.42. The Hall–Kier alpha value is -2.98. The standard InChI is InChI=1S/C29H42N4O5Si/c1-17(2)39(18(3)4,19(5)6)38-23-11-9-10-20(16-23)26-30-25(28(34)37-8)24-27(32-26)33(29(35)31-24)21-12-14-22(36-7)15-13-21/h9-11,16-19,21-22H,12-15H2,1-8H3,(H,31,35). The summed E-state index contributed by atoms with van der Waals surface area (Å²) in [6, 6.07) is 7.69. The molecule has 9 nitrogen and oxygen atoms in total. The number of rotatable bonds is 9. The van der Waals surface area contributed by atoms with Gasteiger partial charge in [-0.15, -0.1) is 0 Å². The monoisotopic (exact) mass is 554 g/mol. The van der Waals surface area contributed by atoms with Crippen molar-refractivity contribution in [1.29, 1.82) is 0 Å². The maximum absolute atomic E-state index is 13.1. The highest BCUT2D eigenvalue weighted by molar-refractivity contribution is 6.78. The molecule has 3 aromatic rings. The van der Waals surface area contributed by atoms with E-state index in [2.05, 4.69) is 51.5 Å². The van der Waals surface area contributed by atoms with E-state index < -0.39 is 14.3 Å².